The van der Waals surface area contributed by atoms with E-state index in [1.54, 1.807) is 11.3 Å². The molecule has 1 heterocycles. The first-order chi connectivity index (χ1) is 9.95. The van der Waals surface area contributed by atoms with Crippen molar-refractivity contribution in [1.29, 1.82) is 0 Å². The predicted molar refractivity (Wildman–Crippen MR) is 94.9 cm³/mol. The van der Waals surface area contributed by atoms with Crippen molar-refractivity contribution in [3.05, 3.63) is 50.1 Å². The summed E-state index contributed by atoms with van der Waals surface area (Å²) >= 11 is 13.8. The summed E-state index contributed by atoms with van der Waals surface area (Å²) in [4.78, 5) is 3.48. The van der Waals surface area contributed by atoms with Gasteiger partial charge in [-0.15, -0.1) is 11.3 Å². The second-order valence-electron chi connectivity index (χ2n) is 5.37. The summed E-state index contributed by atoms with van der Waals surface area (Å²) in [5.74, 6) is 0. The molecule has 0 saturated carbocycles. The number of halogens is 2. The normalized spacial score (nSPS) is 11.1. The summed E-state index contributed by atoms with van der Waals surface area (Å²) in [5, 5.41) is 4.22. The molecule has 2 aromatic rings. The third-order valence-electron chi connectivity index (χ3n) is 3.18. The average Bonchev–Trinajstić information content (AvgIpc) is 2.81. The maximum Gasteiger partial charge on any atom is 0.0931 e. The second-order valence-corrected chi connectivity index (χ2v) is 7.61. The second kappa shape index (κ2) is 7.50. The molecule has 1 N–H and O–H groups in total. The van der Waals surface area contributed by atoms with Crippen LogP contribution in [0, 0.1) is 0 Å². The van der Waals surface area contributed by atoms with E-state index in [4.69, 9.17) is 23.2 Å². The van der Waals surface area contributed by atoms with E-state index in [1.807, 2.05) is 18.2 Å². The Hall–Kier alpha value is -0.740. The number of benzene rings is 1. The predicted octanol–water partition coefficient (Wildman–Crippen LogP) is 5.19. The molecular formula is C16H20Cl2N2S. The van der Waals surface area contributed by atoms with Crippen LogP contribution in [0.2, 0.25) is 9.36 Å². The summed E-state index contributed by atoms with van der Waals surface area (Å²) in [6.45, 7) is 5.93. The zero-order valence-electron chi connectivity index (χ0n) is 12.5. The van der Waals surface area contributed by atoms with Crippen molar-refractivity contribution in [3.8, 4) is 0 Å². The van der Waals surface area contributed by atoms with Crippen LogP contribution in [-0.2, 0) is 13.1 Å². The molecule has 0 bridgehead atoms. The number of anilines is 1. The SMILES string of the molecule is CC(C)NCc1cc(Cl)ccc1N(C)Cc1ccc(Cl)s1. The first kappa shape index (κ1) is 16.6. The van der Waals surface area contributed by atoms with Gasteiger partial charge in [0.2, 0.25) is 0 Å². The number of nitrogens with zero attached hydrogens (tertiary/aromatic N) is 1. The average molecular weight is 343 g/mol. The van der Waals surface area contributed by atoms with E-state index >= 15 is 0 Å². The maximum absolute atomic E-state index is 6.14. The van der Waals surface area contributed by atoms with Crippen LogP contribution < -0.4 is 10.2 Å². The molecule has 21 heavy (non-hydrogen) atoms. The Morgan fingerprint density at radius 1 is 1.19 bits per heavy atom. The Kier molecular flexibility index (Phi) is 5.94. The molecule has 0 aliphatic carbocycles. The molecule has 5 heteroatoms. The van der Waals surface area contributed by atoms with Crippen LogP contribution in [0.15, 0.2) is 30.3 Å². The van der Waals surface area contributed by atoms with Gasteiger partial charge in [-0.3, -0.25) is 0 Å². The highest BCUT2D eigenvalue weighted by Gasteiger charge is 2.10. The van der Waals surface area contributed by atoms with Crippen LogP contribution in [0.25, 0.3) is 0 Å². The highest BCUT2D eigenvalue weighted by atomic mass is 35.5. The van der Waals surface area contributed by atoms with Crippen LogP contribution in [0.3, 0.4) is 0 Å². The van der Waals surface area contributed by atoms with Crippen molar-refractivity contribution in [2.45, 2.75) is 33.0 Å². The van der Waals surface area contributed by atoms with Crippen molar-refractivity contribution in [3.63, 3.8) is 0 Å². The maximum atomic E-state index is 6.14. The van der Waals surface area contributed by atoms with Crippen LogP contribution in [0.4, 0.5) is 5.69 Å². The Bertz CT molecular complexity index is 596. The van der Waals surface area contributed by atoms with Crippen molar-refractivity contribution in [2.24, 2.45) is 0 Å². The van der Waals surface area contributed by atoms with Gasteiger partial charge in [-0.25, -0.2) is 0 Å². The summed E-state index contributed by atoms with van der Waals surface area (Å²) < 4.78 is 0.830. The molecule has 0 radical (unpaired) electrons. The molecule has 0 unspecified atom stereocenters. The zero-order valence-corrected chi connectivity index (χ0v) is 14.8. The Labute approximate surface area is 140 Å². The van der Waals surface area contributed by atoms with E-state index in [1.165, 1.54) is 16.1 Å². The van der Waals surface area contributed by atoms with E-state index in [0.717, 1.165) is 22.4 Å². The number of hydrogen-bond donors (Lipinski definition) is 1. The van der Waals surface area contributed by atoms with Gasteiger partial charge in [-0.1, -0.05) is 37.0 Å². The summed E-state index contributed by atoms with van der Waals surface area (Å²) in [6.07, 6.45) is 0. The molecule has 0 aliphatic heterocycles. The smallest absolute Gasteiger partial charge is 0.0931 e. The molecule has 1 aromatic carbocycles. The molecular weight excluding hydrogens is 323 g/mol. The van der Waals surface area contributed by atoms with E-state index in [2.05, 4.69) is 43.2 Å². The largest absolute Gasteiger partial charge is 0.369 e. The molecule has 114 valence electrons. The van der Waals surface area contributed by atoms with Gasteiger partial charge in [0.15, 0.2) is 0 Å². The van der Waals surface area contributed by atoms with E-state index in [0.29, 0.717) is 6.04 Å². The topological polar surface area (TPSA) is 15.3 Å². The van der Waals surface area contributed by atoms with Gasteiger partial charge in [-0.05, 0) is 35.9 Å². The molecule has 0 saturated heterocycles. The van der Waals surface area contributed by atoms with Crippen molar-refractivity contribution < 1.29 is 0 Å². The molecule has 2 rings (SSSR count). The zero-order chi connectivity index (χ0) is 15.4. The molecule has 0 aliphatic rings. The van der Waals surface area contributed by atoms with Crippen LogP contribution >= 0.6 is 34.5 Å². The third-order valence-corrected chi connectivity index (χ3v) is 4.63. The number of nitrogens with one attached hydrogen (secondary N) is 1. The summed E-state index contributed by atoms with van der Waals surface area (Å²) in [7, 11) is 2.09. The van der Waals surface area contributed by atoms with E-state index < -0.39 is 0 Å². The quantitative estimate of drug-likeness (QED) is 0.776. The summed E-state index contributed by atoms with van der Waals surface area (Å²) in [6, 6.07) is 10.5. The standard InChI is InChI=1S/C16H20Cl2N2S/c1-11(2)19-9-12-8-13(17)4-6-15(12)20(3)10-14-5-7-16(18)21-14/h4-8,11,19H,9-10H2,1-3H3. The third kappa shape index (κ3) is 4.89. The van der Waals surface area contributed by atoms with Gasteiger partial charge in [0.25, 0.3) is 0 Å². The monoisotopic (exact) mass is 342 g/mol. The van der Waals surface area contributed by atoms with Crippen molar-refractivity contribution in [2.75, 3.05) is 11.9 Å². The first-order valence-corrected chi connectivity index (χ1v) is 8.50. The minimum absolute atomic E-state index is 0.443. The molecule has 0 amide bonds. The fourth-order valence-corrected chi connectivity index (χ4v) is 3.47. The first-order valence-electron chi connectivity index (χ1n) is 6.93. The fraction of sp³-hybridized carbons (Fsp3) is 0.375. The van der Waals surface area contributed by atoms with E-state index in [9.17, 15) is 0 Å². The van der Waals surface area contributed by atoms with Gasteiger partial charge in [0, 0.05) is 35.2 Å². The Balaban J connectivity index is 2.16. The van der Waals surface area contributed by atoms with Gasteiger partial charge < -0.3 is 10.2 Å². The molecule has 0 fully saturated rings. The number of rotatable bonds is 6. The van der Waals surface area contributed by atoms with Crippen LogP contribution in [0.5, 0.6) is 0 Å². The molecule has 1 aromatic heterocycles. The summed E-state index contributed by atoms with van der Waals surface area (Å²) in [5.41, 5.74) is 2.40. The lowest BCUT2D eigenvalue weighted by Crippen LogP contribution is -2.24. The van der Waals surface area contributed by atoms with Crippen molar-refractivity contribution >= 4 is 40.2 Å². The molecule has 0 atom stereocenters. The lowest BCUT2D eigenvalue weighted by Gasteiger charge is -2.23. The van der Waals surface area contributed by atoms with Gasteiger partial charge >= 0.3 is 0 Å². The van der Waals surface area contributed by atoms with Crippen LogP contribution in [0.1, 0.15) is 24.3 Å². The lowest BCUT2D eigenvalue weighted by atomic mass is 10.1. The van der Waals surface area contributed by atoms with Crippen molar-refractivity contribution in [1.82, 2.24) is 5.32 Å². The molecule has 2 nitrogen and oxygen atoms in total. The van der Waals surface area contributed by atoms with Gasteiger partial charge in [0.05, 0.1) is 10.9 Å². The lowest BCUT2D eigenvalue weighted by molar-refractivity contribution is 0.588. The Morgan fingerprint density at radius 3 is 2.57 bits per heavy atom. The Morgan fingerprint density at radius 2 is 1.95 bits per heavy atom. The minimum atomic E-state index is 0.443. The molecule has 0 spiro atoms. The number of thiophene rings is 1. The van der Waals surface area contributed by atoms with Crippen LogP contribution in [-0.4, -0.2) is 13.1 Å². The fourth-order valence-electron chi connectivity index (χ4n) is 2.14. The van der Waals surface area contributed by atoms with Gasteiger partial charge in [-0.2, -0.15) is 0 Å². The van der Waals surface area contributed by atoms with Gasteiger partial charge in [0.1, 0.15) is 0 Å². The highest BCUT2D eigenvalue weighted by molar-refractivity contribution is 7.16. The minimum Gasteiger partial charge on any atom is -0.369 e. The number of hydrogen-bond acceptors (Lipinski definition) is 3. The van der Waals surface area contributed by atoms with E-state index in [-0.39, 0.29) is 0 Å². The highest BCUT2D eigenvalue weighted by Crippen LogP contribution is 2.28.